The second-order valence-electron chi connectivity index (χ2n) is 5.33. The van der Waals surface area contributed by atoms with Crippen molar-refractivity contribution >= 4 is 16.7 Å². The molecule has 3 heteroatoms. The molecule has 0 atom stereocenters. The molecule has 0 amide bonds. The summed E-state index contributed by atoms with van der Waals surface area (Å²) in [5.41, 5.74) is 2.37. The molecular formula is C16H21N3. The van der Waals surface area contributed by atoms with Crippen LogP contribution >= 0.6 is 0 Å². The molecule has 1 N–H and O–H groups in total. The monoisotopic (exact) mass is 255 g/mol. The number of anilines is 1. The molecule has 3 rings (SSSR count). The van der Waals surface area contributed by atoms with Gasteiger partial charge in [-0.1, -0.05) is 25.1 Å². The van der Waals surface area contributed by atoms with Crippen LogP contribution in [-0.2, 0) is 0 Å². The summed E-state index contributed by atoms with van der Waals surface area (Å²) in [5, 5.41) is 4.59. The molecule has 2 heterocycles. The van der Waals surface area contributed by atoms with E-state index in [-0.39, 0.29) is 0 Å². The summed E-state index contributed by atoms with van der Waals surface area (Å²) >= 11 is 0. The number of para-hydroxylation sites is 1. The summed E-state index contributed by atoms with van der Waals surface area (Å²) < 4.78 is 0. The molecule has 1 aliphatic heterocycles. The third-order valence-corrected chi connectivity index (χ3v) is 3.83. The van der Waals surface area contributed by atoms with E-state index >= 15 is 0 Å². The highest BCUT2D eigenvalue weighted by Gasteiger charge is 2.26. The number of hydrogen-bond acceptors (Lipinski definition) is 3. The van der Waals surface area contributed by atoms with Crippen LogP contribution in [0.4, 0.5) is 5.82 Å². The average Bonchev–Trinajstić information content (AvgIpc) is 2.35. The number of pyridine rings is 1. The summed E-state index contributed by atoms with van der Waals surface area (Å²) in [6.07, 6.45) is 1.16. The van der Waals surface area contributed by atoms with Crippen molar-refractivity contribution in [3.63, 3.8) is 0 Å². The number of nitrogens with zero attached hydrogens (tertiary/aromatic N) is 2. The Labute approximate surface area is 114 Å². The highest BCUT2D eigenvalue weighted by molar-refractivity contribution is 5.81. The Morgan fingerprint density at radius 2 is 2.11 bits per heavy atom. The number of benzene rings is 1. The first kappa shape index (κ1) is 12.4. The van der Waals surface area contributed by atoms with Crippen molar-refractivity contribution < 1.29 is 0 Å². The number of hydrogen-bond donors (Lipinski definition) is 1. The van der Waals surface area contributed by atoms with Crippen molar-refractivity contribution in [3.8, 4) is 0 Å². The molecule has 100 valence electrons. The van der Waals surface area contributed by atoms with E-state index in [4.69, 9.17) is 4.98 Å². The lowest BCUT2D eigenvalue weighted by Gasteiger charge is -2.39. The second kappa shape index (κ2) is 5.17. The molecule has 0 saturated carbocycles. The summed E-state index contributed by atoms with van der Waals surface area (Å²) in [5.74, 6) is 1.16. The number of nitrogens with one attached hydrogen (secondary N) is 1. The lowest BCUT2D eigenvalue weighted by Crippen LogP contribution is -2.58. The van der Waals surface area contributed by atoms with Gasteiger partial charge in [0.15, 0.2) is 0 Å². The van der Waals surface area contributed by atoms with Crippen molar-refractivity contribution in [1.82, 2.24) is 10.3 Å². The van der Waals surface area contributed by atoms with Crippen LogP contribution in [0.25, 0.3) is 10.9 Å². The predicted octanol–water partition coefficient (Wildman–Crippen LogP) is 2.73. The zero-order valence-electron chi connectivity index (χ0n) is 11.7. The summed E-state index contributed by atoms with van der Waals surface area (Å²) in [7, 11) is 0. The maximum absolute atomic E-state index is 4.89. The molecule has 0 spiro atoms. The SMILES string of the molecule is CCCN(c1nc2ccccc2cc1C)C1CNC1. The van der Waals surface area contributed by atoms with E-state index in [9.17, 15) is 0 Å². The molecule has 3 nitrogen and oxygen atoms in total. The van der Waals surface area contributed by atoms with Gasteiger partial charge in [0.1, 0.15) is 5.82 Å². The molecule has 1 saturated heterocycles. The number of aromatic nitrogens is 1. The third-order valence-electron chi connectivity index (χ3n) is 3.83. The highest BCUT2D eigenvalue weighted by Crippen LogP contribution is 2.25. The smallest absolute Gasteiger partial charge is 0.132 e. The lowest BCUT2D eigenvalue weighted by atomic mass is 10.1. The van der Waals surface area contributed by atoms with Gasteiger partial charge in [-0.05, 0) is 31.0 Å². The van der Waals surface area contributed by atoms with Gasteiger partial charge in [0.2, 0.25) is 0 Å². The van der Waals surface area contributed by atoms with E-state index < -0.39 is 0 Å². The average molecular weight is 255 g/mol. The van der Waals surface area contributed by atoms with E-state index in [2.05, 4.69) is 54.4 Å². The molecule has 1 aromatic carbocycles. The Balaban J connectivity index is 2.03. The first-order valence-corrected chi connectivity index (χ1v) is 7.13. The zero-order chi connectivity index (χ0) is 13.2. The molecule has 1 fully saturated rings. The van der Waals surface area contributed by atoms with Crippen LogP contribution in [0.1, 0.15) is 18.9 Å². The fourth-order valence-electron chi connectivity index (χ4n) is 2.70. The van der Waals surface area contributed by atoms with E-state index in [0.29, 0.717) is 6.04 Å². The van der Waals surface area contributed by atoms with Gasteiger partial charge < -0.3 is 10.2 Å². The maximum atomic E-state index is 4.89. The van der Waals surface area contributed by atoms with E-state index in [1.165, 1.54) is 10.9 Å². The number of aryl methyl sites for hydroxylation is 1. The Bertz CT molecular complexity index is 575. The lowest BCUT2D eigenvalue weighted by molar-refractivity contribution is 0.410. The molecule has 0 bridgehead atoms. The van der Waals surface area contributed by atoms with Crippen LogP contribution in [0.3, 0.4) is 0 Å². The molecule has 0 aliphatic carbocycles. The normalized spacial score (nSPS) is 15.5. The fourth-order valence-corrected chi connectivity index (χ4v) is 2.70. The van der Waals surface area contributed by atoms with Gasteiger partial charge in [-0.15, -0.1) is 0 Å². The summed E-state index contributed by atoms with van der Waals surface area (Å²) in [4.78, 5) is 7.37. The van der Waals surface area contributed by atoms with Gasteiger partial charge in [-0.2, -0.15) is 0 Å². The number of fused-ring (bicyclic) bond motifs is 1. The van der Waals surface area contributed by atoms with Gasteiger partial charge in [0, 0.05) is 25.0 Å². The molecule has 19 heavy (non-hydrogen) atoms. The molecule has 1 aromatic heterocycles. The van der Waals surface area contributed by atoms with Gasteiger partial charge >= 0.3 is 0 Å². The first-order chi connectivity index (χ1) is 9.29. The standard InChI is InChI=1S/C16H21N3/c1-3-8-19(14-10-17-11-14)16-12(2)9-13-6-4-5-7-15(13)18-16/h4-7,9,14,17H,3,8,10-11H2,1-2H3. The van der Waals surface area contributed by atoms with Crippen molar-refractivity contribution in [2.45, 2.75) is 26.3 Å². The molecule has 0 unspecified atom stereocenters. The van der Waals surface area contributed by atoms with Crippen molar-refractivity contribution in [2.24, 2.45) is 0 Å². The van der Waals surface area contributed by atoms with E-state index in [1.54, 1.807) is 0 Å². The van der Waals surface area contributed by atoms with Crippen molar-refractivity contribution in [3.05, 3.63) is 35.9 Å². The molecular weight excluding hydrogens is 234 g/mol. The molecule has 0 radical (unpaired) electrons. The fraction of sp³-hybridized carbons (Fsp3) is 0.438. The van der Waals surface area contributed by atoms with Gasteiger partial charge in [-0.25, -0.2) is 4.98 Å². The first-order valence-electron chi connectivity index (χ1n) is 7.13. The molecule has 2 aromatic rings. The molecule has 1 aliphatic rings. The Morgan fingerprint density at radius 3 is 2.79 bits per heavy atom. The maximum Gasteiger partial charge on any atom is 0.132 e. The second-order valence-corrected chi connectivity index (χ2v) is 5.33. The number of rotatable bonds is 4. The summed E-state index contributed by atoms with van der Waals surface area (Å²) in [6, 6.07) is 11.2. The largest absolute Gasteiger partial charge is 0.351 e. The van der Waals surface area contributed by atoms with Crippen LogP contribution in [0, 0.1) is 6.92 Å². The third kappa shape index (κ3) is 2.30. The van der Waals surface area contributed by atoms with Crippen molar-refractivity contribution in [2.75, 3.05) is 24.5 Å². The van der Waals surface area contributed by atoms with Gasteiger partial charge in [0.05, 0.1) is 11.6 Å². The van der Waals surface area contributed by atoms with Crippen LogP contribution in [0.2, 0.25) is 0 Å². The predicted molar refractivity (Wildman–Crippen MR) is 80.8 cm³/mol. The Morgan fingerprint density at radius 1 is 1.32 bits per heavy atom. The van der Waals surface area contributed by atoms with E-state index in [0.717, 1.165) is 37.4 Å². The van der Waals surface area contributed by atoms with Crippen molar-refractivity contribution in [1.29, 1.82) is 0 Å². The highest BCUT2D eigenvalue weighted by atomic mass is 15.3. The van der Waals surface area contributed by atoms with Crippen LogP contribution in [0.5, 0.6) is 0 Å². The summed E-state index contributed by atoms with van der Waals surface area (Å²) in [6.45, 7) is 7.64. The van der Waals surface area contributed by atoms with Crippen LogP contribution in [0.15, 0.2) is 30.3 Å². The minimum atomic E-state index is 0.604. The Kier molecular flexibility index (Phi) is 3.38. The van der Waals surface area contributed by atoms with Crippen LogP contribution < -0.4 is 10.2 Å². The minimum absolute atomic E-state index is 0.604. The zero-order valence-corrected chi connectivity index (χ0v) is 11.7. The van der Waals surface area contributed by atoms with Gasteiger partial charge in [-0.3, -0.25) is 0 Å². The van der Waals surface area contributed by atoms with E-state index in [1.807, 2.05) is 0 Å². The Hall–Kier alpha value is -1.61. The quantitative estimate of drug-likeness (QED) is 0.910. The van der Waals surface area contributed by atoms with Crippen LogP contribution in [-0.4, -0.2) is 30.7 Å². The minimum Gasteiger partial charge on any atom is -0.351 e. The van der Waals surface area contributed by atoms with Gasteiger partial charge in [0.25, 0.3) is 0 Å². The topological polar surface area (TPSA) is 28.2 Å².